The maximum Gasteiger partial charge on any atom is 0.0508 e. The zero-order valence-electron chi connectivity index (χ0n) is 8.38. The highest BCUT2D eigenvalue weighted by atomic mass is 14.6. The fraction of sp³-hybridized carbons (Fsp3) is 0.333. The van der Waals surface area contributed by atoms with E-state index in [1.54, 1.807) is 0 Å². The predicted octanol–water partition coefficient (Wildman–Crippen LogP) is 2.82. The molecule has 0 aliphatic carbocycles. The van der Waals surface area contributed by atoms with Crippen LogP contribution >= 0.6 is 0 Å². The van der Waals surface area contributed by atoms with Crippen molar-refractivity contribution < 1.29 is 0 Å². The average molecular weight is 175 g/mol. The molecule has 1 nitrogen and oxygen atoms in total. The molecule has 0 bridgehead atoms. The van der Waals surface area contributed by atoms with Crippen LogP contribution in [-0.2, 0) is 6.42 Å². The highest BCUT2D eigenvalue weighted by Crippen LogP contribution is 2.21. The van der Waals surface area contributed by atoms with Crippen molar-refractivity contribution >= 4 is 0 Å². The molecule has 0 radical (unpaired) electrons. The van der Waals surface area contributed by atoms with E-state index in [2.05, 4.69) is 25.6 Å². The minimum absolute atomic E-state index is 0.0175. The van der Waals surface area contributed by atoms with Crippen molar-refractivity contribution in [2.24, 2.45) is 5.73 Å². The van der Waals surface area contributed by atoms with Gasteiger partial charge in [-0.2, -0.15) is 0 Å². The van der Waals surface area contributed by atoms with Crippen molar-refractivity contribution in [2.45, 2.75) is 26.3 Å². The fourth-order valence-electron chi connectivity index (χ4n) is 1.43. The van der Waals surface area contributed by atoms with Gasteiger partial charge in [0.15, 0.2) is 0 Å². The Kier molecular flexibility index (Phi) is 3.26. The summed E-state index contributed by atoms with van der Waals surface area (Å²) in [6.45, 7) is 7.99. The summed E-state index contributed by atoms with van der Waals surface area (Å²) in [6.07, 6.45) is 1.02. The number of nitrogens with two attached hydrogens (primary N) is 1. The Labute approximate surface area is 80.3 Å². The molecule has 0 aliphatic rings. The van der Waals surface area contributed by atoms with Crippen molar-refractivity contribution in [3.63, 3.8) is 0 Å². The van der Waals surface area contributed by atoms with Crippen LogP contribution in [0.1, 0.15) is 31.0 Å². The highest BCUT2D eigenvalue weighted by Gasteiger charge is 2.09. The summed E-state index contributed by atoms with van der Waals surface area (Å²) < 4.78 is 0. The first-order valence-corrected chi connectivity index (χ1v) is 4.65. The Morgan fingerprint density at radius 3 is 2.62 bits per heavy atom. The molecular formula is C12H17N. The fourth-order valence-corrected chi connectivity index (χ4v) is 1.43. The summed E-state index contributed by atoms with van der Waals surface area (Å²) in [4.78, 5) is 0. The van der Waals surface area contributed by atoms with E-state index in [1.165, 1.54) is 11.1 Å². The normalized spacial score (nSPS) is 12.5. The summed E-state index contributed by atoms with van der Waals surface area (Å²) >= 11 is 0. The van der Waals surface area contributed by atoms with Gasteiger partial charge in [-0.1, -0.05) is 43.3 Å². The minimum Gasteiger partial charge on any atom is -0.321 e. The molecule has 70 valence electrons. The summed E-state index contributed by atoms with van der Waals surface area (Å²) in [5.74, 6) is 0. The third-order valence-electron chi connectivity index (χ3n) is 2.30. The van der Waals surface area contributed by atoms with E-state index in [0.717, 1.165) is 12.0 Å². The molecule has 0 saturated carbocycles. The van der Waals surface area contributed by atoms with Crippen LogP contribution in [0, 0.1) is 0 Å². The van der Waals surface area contributed by atoms with Crippen molar-refractivity contribution in [3.05, 3.63) is 47.5 Å². The first-order valence-electron chi connectivity index (χ1n) is 4.65. The largest absolute Gasteiger partial charge is 0.321 e. The maximum atomic E-state index is 6.01. The first-order chi connectivity index (χ1) is 6.16. The van der Waals surface area contributed by atoms with Gasteiger partial charge in [-0.05, 0) is 24.5 Å². The summed E-state index contributed by atoms with van der Waals surface area (Å²) in [6, 6.07) is 8.26. The lowest BCUT2D eigenvalue weighted by molar-refractivity contribution is 0.831. The predicted molar refractivity (Wildman–Crippen MR) is 57.6 cm³/mol. The summed E-state index contributed by atoms with van der Waals surface area (Å²) in [5.41, 5.74) is 9.55. The van der Waals surface area contributed by atoms with Gasteiger partial charge in [0.1, 0.15) is 0 Å². The lowest BCUT2D eigenvalue weighted by Crippen LogP contribution is -2.12. The molecule has 0 heterocycles. The van der Waals surface area contributed by atoms with E-state index >= 15 is 0 Å². The molecule has 1 aromatic carbocycles. The van der Waals surface area contributed by atoms with E-state index in [4.69, 9.17) is 5.73 Å². The van der Waals surface area contributed by atoms with Gasteiger partial charge in [0.05, 0.1) is 6.04 Å². The zero-order chi connectivity index (χ0) is 9.84. The minimum atomic E-state index is -0.0175. The lowest BCUT2D eigenvalue weighted by Gasteiger charge is -2.15. The average Bonchev–Trinajstić information content (AvgIpc) is 2.16. The van der Waals surface area contributed by atoms with Crippen LogP contribution in [0.15, 0.2) is 36.4 Å². The number of hydrogen-bond donors (Lipinski definition) is 1. The number of benzene rings is 1. The summed E-state index contributed by atoms with van der Waals surface area (Å²) in [7, 11) is 0. The molecule has 0 amide bonds. The smallest absolute Gasteiger partial charge is 0.0508 e. The van der Waals surface area contributed by atoms with Gasteiger partial charge in [-0.3, -0.25) is 0 Å². The molecule has 1 rings (SSSR count). The molecule has 1 aromatic rings. The van der Waals surface area contributed by atoms with Crippen molar-refractivity contribution in [1.29, 1.82) is 0 Å². The van der Waals surface area contributed by atoms with Crippen LogP contribution in [0.5, 0.6) is 0 Å². The molecule has 1 atom stereocenters. The second-order valence-corrected chi connectivity index (χ2v) is 3.38. The van der Waals surface area contributed by atoms with Crippen molar-refractivity contribution in [2.75, 3.05) is 0 Å². The monoisotopic (exact) mass is 175 g/mol. The number of aryl methyl sites for hydroxylation is 1. The van der Waals surface area contributed by atoms with Crippen LogP contribution in [-0.4, -0.2) is 0 Å². The van der Waals surface area contributed by atoms with Gasteiger partial charge in [0.2, 0.25) is 0 Å². The molecule has 0 aromatic heterocycles. The molecule has 13 heavy (non-hydrogen) atoms. The van der Waals surface area contributed by atoms with Crippen molar-refractivity contribution in [1.82, 2.24) is 0 Å². The van der Waals surface area contributed by atoms with Crippen molar-refractivity contribution in [3.8, 4) is 0 Å². The Morgan fingerprint density at radius 1 is 1.46 bits per heavy atom. The van der Waals surface area contributed by atoms with Crippen LogP contribution in [0.2, 0.25) is 0 Å². The first kappa shape index (κ1) is 10.0. The van der Waals surface area contributed by atoms with E-state index < -0.39 is 0 Å². The molecule has 0 fully saturated rings. The molecular weight excluding hydrogens is 158 g/mol. The topological polar surface area (TPSA) is 26.0 Å². The Balaban J connectivity index is 3.05. The van der Waals surface area contributed by atoms with E-state index in [0.29, 0.717) is 0 Å². The SMILES string of the molecule is C=C(C)C(N)c1ccccc1CC. The van der Waals surface area contributed by atoms with E-state index in [9.17, 15) is 0 Å². The molecule has 0 aliphatic heterocycles. The standard InChI is InChI=1S/C12H17N/c1-4-10-7-5-6-8-11(10)12(13)9(2)3/h5-8,12H,2,4,13H2,1,3H3. The van der Waals surface area contributed by atoms with Crippen LogP contribution in [0.4, 0.5) is 0 Å². The molecule has 0 spiro atoms. The zero-order valence-corrected chi connectivity index (χ0v) is 8.38. The van der Waals surface area contributed by atoms with Crippen LogP contribution < -0.4 is 5.73 Å². The maximum absolute atomic E-state index is 6.01. The lowest BCUT2D eigenvalue weighted by atomic mass is 9.95. The molecule has 0 saturated heterocycles. The van der Waals surface area contributed by atoms with Gasteiger partial charge in [-0.25, -0.2) is 0 Å². The third-order valence-corrected chi connectivity index (χ3v) is 2.30. The number of hydrogen-bond acceptors (Lipinski definition) is 1. The highest BCUT2D eigenvalue weighted by molar-refractivity contribution is 5.33. The molecule has 2 N–H and O–H groups in total. The molecule has 1 unspecified atom stereocenters. The van der Waals surface area contributed by atoms with Gasteiger partial charge < -0.3 is 5.73 Å². The number of rotatable bonds is 3. The van der Waals surface area contributed by atoms with Crippen LogP contribution in [0.3, 0.4) is 0 Å². The second-order valence-electron chi connectivity index (χ2n) is 3.38. The van der Waals surface area contributed by atoms with E-state index in [-0.39, 0.29) is 6.04 Å². The van der Waals surface area contributed by atoms with Gasteiger partial charge in [-0.15, -0.1) is 0 Å². The van der Waals surface area contributed by atoms with E-state index in [1.807, 2.05) is 19.1 Å². The quantitative estimate of drug-likeness (QED) is 0.702. The van der Waals surface area contributed by atoms with Crippen LogP contribution in [0.25, 0.3) is 0 Å². The Bertz CT molecular complexity index is 302. The third kappa shape index (κ3) is 2.19. The molecule has 1 heteroatoms. The Hall–Kier alpha value is -1.08. The Morgan fingerprint density at radius 2 is 2.08 bits per heavy atom. The van der Waals surface area contributed by atoms with Gasteiger partial charge in [0.25, 0.3) is 0 Å². The van der Waals surface area contributed by atoms with Gasteiger partial charge >= 0.3 is 0 Å². The van der Waals surface area contributed by atoms with Gasteiger partial charge in [0, 0.05) is 0 Å². The summed E-state index contributed by atoms with van der Waals surface area (Å²) in [5, 5.41) is 0. The second kappa shape index (κ2) is 4.24.